The summed E-state index contributed by atoms with van der Waals surface area (Å²) in [6.07, 6.45) is 3.62. The quantitative estimate of drug-likeness (QED) is 0.889. The van der Waals surface area contributed by atoms with Crippen LogP contribution in [0.15, 0.2) is 36.7 Å². The van der Waals surface area contributed by atoms with Crippen LogP contribution >= 0.6 is 0 Å². The fourth-order valence-corrected chi connectivity index (χ4v) is 2.07. The average Bonchev–Trinajstić information content (AvgIpc) is 2.96. The lowest BCUT2D eigenvalue weighted by Gasteiger charge is -2.19. The van der Waals surface area contributed by atoms with Crippen molar-refractivity contribution < 1.29 is 9.53 Å². The van der Waals surface area contributed by atoms with Crippen LogP contribution in [0.3, 0.4) is 0 Å². The molecule has 0 aliphatic heterocycles. The highest BCUT2D eigenvalue weighted by Crippen LogP contribution is 2.23. The summed E-state index contributed by atoms with van der Waals surface area (Å²) in [5, 5.41) is 10.3. The summed E-state index contributed by atoms with van der Waals surface area (Å²) < 4.78 is 7.10. The van der Waals surface area contributed by atoms with Crippen molar-refractivity contribution in [3.8, 4) is 5.75 Å². The van der Waals surface area contributed by atoms with E-state index in [1.807, 2.05) is 23.0 Å². The Hall–Kier alpha value is -2.50. The first-order valence-corrected chi connectivity index (χ1v) is 7.57. The van der Waals surface area contributed by atoms with Crippen LogP contribution < -0.4 is 15.4 Å². The van der Waals surface area contributed by atoms with Crippen LogP contribution in [0.5, 0.6) is 5.75 Å². The van der Waals surface area contributed by atoms with Crippen molar-refractivity contribution in [2.24, 2.45) is 0 Å². The van der Waals surface area contributed by atoms with E-state index in [0.717, 1.165) is 5.69 Å². The zero-order chi connectivity index (χ0) is 17.0. The second-order valence-electron chi connectivity index (χ2n) is 6.40. The molecule has 1 atom stereocenters. The molecule has 0 radical (unpaired) electrons. The van der Waals surface area contributed by atoms with Gasteiger partial charge in [-0.1, -0.05) is 12.1 Å². The summed E-state index contributed by atoms with van der Waals surface area (Å²) in [6, 6.07) is 6.92. The number of aromatic nitrogens is 2. The van der Waals surface area contributed by atoms with Gasteiger partial charge in [-0.05, 0) is 39.8 Å². The van der Waals surface area contributed by atoms with Crippen LogP contribution in [0.4, 0.5) is 11.4 Å². The number of hydrogen-bond acceptors (Lipinski definition) is 4. The zero-order valence-electron chi connectivity index (χ0n) is 14.3. The largest absolute Gasteiger partial charge is 0.495 e. The lowest BCUT2D eigenvalue weighted by molar-refractivity contribution is -0.116. The van der Waals surface area contributed by atoms with Gasteiger partial charge in [0.2, 0.25) is 5.91 Å². The van der Waals surface area contributed by atoms with Crippen LogP contribution in [-0.2, 0) is 10.3 Å². The molecule has 124 valence electrons. The number of nitrogens with zero attached hydrogens (tertiary/aromatic N) is 2. The highest BCUT2D eigenvalue weighted by atomic mass is 16.5. The minimum absolute atomic E-state index is 0.0944. The molecule has 23 heavy (non-hydrogen) atoms. The van der Waals surface area contributed by atoms with Crippen molar-refractivity contribution in [3.05, 3.63) is 36.7 Å². The summed E-state index contributed by atoms with van der Waals surface area (Å²) in [7, 11) is 1.58. The molecule has 0 spiro atoms. The third-order valence-electron chi connectivity index (χ3n) is 3.41. The maximum atomic E-state index is 12.3. The van der Waals surface area contributed by atoms with Gasteiger partial charge in [-0.25, -0.2) is 0 Å². The molecule has 1 heterocycles. The smallest absolute Gasteiger partial charge is 0.246 e. The maximum absolute atomic E-state index is 12.3. The van der Waals surface area contributed by atoms with Crippen molar-refractivity contribution in [2.45, 2.75) is 39.3 Å². The molecule has 1 amide bonds. The Morgan fingerprint density at radius 2 is 2.00 bits per heavy atom. The number of anilines is 2. The predicted octanol–water partition coefficient (Wildman–Crippen LogP) is 3.09. The number of rotatable bonds is 5. The Morgan fingerprint density at radius 3 is 2.61 bits per heavy atom. The van der Waals surface area contributed by atoms with E-state index < -0.39 is 6.04 Å². The van der Waals surface area contributed by atoms with Gasteiger partial charge < -0.3 is 15.4 Å². The fourth-order valence-electron chi connectivity index (χ4n) is 2.07. The first kappa shape index (κ1) is 16.9. The number of hydrogen-bond donors (Lipinski definition) is 2. The Balaban J connectivity index is 2.01. The van der Waals surface area contributed by atoms with Crippen molar-refractivity contribution in [1.82, 2.24) is 9.78 Å². The minimum Gasteiger partial charge on any atom is -0.495 e. The molecular weight excluding hydrogens is 292 g/mol. The van der Waals surface area contributed by atoms with Crippen LogP contribution in [0.25, 0.3) is 0 Å². The standard InChI is InChI=1S/C17H24N4O2/c1-12(19-13-10-18-21(11-13)17(2,3)4)16(22)20-14-8-6-7-9-15(14)23-5/h6-12,19H,1-5H3,(H,20,22)/t12-/m1/s1. The van der Waals surface area contributed by atoms with Crippen LogP contribution in [0.2, 0.25) is 0 Å². The number of amides is 1. The molecule has 6 nitrogen and oxygen atoms in total. The highest BCUT2D eigenvalue weighted by molar-refractivity contribution is 5.97. The van der Waals surface area contributed by atoms with Crippen molar-refractivity contribution in [2.75, 3.05) is 17.7 Å². The molecule has 0 fully saturated rings. The molecule has 0 saturated carbocycles. The third-order valence-corrected chi connectivity index (χ3v) is 3.41. The van der Waals surface area contributed by atoms with Gasteiger partial charge in [0.1, 0.15) is 11.8 Å². The first-order valence-electron chi connectivity index (χ1n) is 7.57. The highest BCUT2D eigenvalue weighted by Gasteiger charge is 2.18. The van der Waals surface area contributed by atoms with Gasteiger partial charge in [0.15, 0.2) is 0 Å². The molecule has 0 bridgehead atoms. The first-order chi connectivity index (χ1) is 10.8. The summed E-state index contributed by atoms with van der Waals surface area (Å²) in [5.74, 6) is 0.492. The second kappa shape index (κ2) is 6.73. The van der Waals surface area contributed by atoms with Crippen LogP contribution in [0.1, 0.15) is 27.7 Å². The lowest BCUT2D eigenvalue weighted by atomic mass is 10.1. The normalized spacial score (nSPS) is 12.6. The molecular formula is C17H24N4O2. The SMILES string of the molecule is COc1ccccc1NC(=O)[C@@H](C)Nc1cnn(C(C)(C)C)c1. The van der Waals surface area contributed by atoms with Crippen molar-refractivity contribution >= 4 is 17.3 Å². The van der Waals surface area contributed by atoms with E-state index in [-0.39, 0.29) is 11.4 Å². The van der Waals surface area contributed by atoms with E-state index in [1.54, 1.807) is 32.4 Å². The van der Waals surface area contributed by atoms with Crippen molar-refractivity contribution in [1.29, 1.82) is 0 Å². The number of carbonyl (C=O) groups excluding carboxylic acids is 1. The zero-order valence-corrected chi connectivity index (χ0v) is 14.3. The average molecular weight is 316 g/mol. The van der Waals surface area contributed by atoms with Crippen LogP contribution in [-0.4, -0.2) is 28.8 Å². The molecule has 1 aromatic heterocycles. The van der Waals surface area contributed by atoms with Gasteiger partial charge >= 0.3 is 0 Å². The maximum Gasteiger partial charge on any atom is 0.246 e. The van der Waals surface area contributed by atoms with E-state index in [2.05, 4.69) is 36.5 Å². The number of nitrogens with one attached hydrogen (secondary N) is 2. The van der Waals surface area contributed by atoms with Gasteiger partial charge in [0.05, 0.1) is 30.2 Å². The molecule has 2 rings (SSSR count). The molecule has 0 aliphatic carbocycles. The predicted molar refractivity (Wildman–Crippen MR) is 91.9 cm³/mol. The monoisotopic (exact) mass is 316 g/mol. The van der Waals surface area contributed by atoms with Crippen LogP contribution in [0, 0.1) is 0 Å². The Morgan fingerprint density at radius 1 is 1.30 bits per heavy atom. The number of benzene rings is 1. The molecule has 2 aromatic rings. The molecule has 2 N–H and O–H groups in total. The molecule has 0 aliphatic rings. The van der Waals surface area contributed by atoms with Gasteiger partial charge in [0, 0.05) is 6.20 Å². The third kappa shape index (κ3) is 4.25. The summed E-state index contributed by atoms with van der Waals surface area (Å²) in [5.41, 5.74) is 1.37. The lowest BCUT2D eigenvalue weighted by Crippen LogP contribution is -2.32. The Labute approximate surface area is 136 Å². The van der Waals surface area contributed by atoms with E-state index in [1.165, 1.54) is 0 Å². The molecule has 6 heteroatoms. The van der Waals surface area contributed by atoms with E-state index >= 15 is 0 Å². The van der Waals surface area contributed by atoms with E-state index in [4.69, 9.17) is 4.74 Å². The number of ether oxygens (including phenoxy) is 1. The fraction of sp³-hybridized carbons (Fsp3) is 0.412. The van der Waals surface area contributed by atoms with Gasteiger partial charge in [-0.3, -0.25) is 9.48 Å². The Kier molecular flexibility index (Phi) is 4.93. The molecule has 0 unspecified atom stereocenters. The summed E-state index contributed by atoms with van der Waals surface area (Å²) >= 11 is 0. The number of carbonyl (C=O) groups is 1. The number of para-hydroxylation sites is 2. The number of methoxy groups -OCH3 is 1. The van der Waals surface area contributed by atoms with E-state index in [0.29, 0.717) is 11.4 Å². The van der Waals surface area contributed by atoms with Gasteiger partial charge in [0.25, 0.3) is 0 Å². The Bertz CT molecular complexity index is 673. The molecule has 1 aromatic carbocycles. The molecule has 0 saturated heterocycles. The second-order valence-corrected chi connectivity index (χ2v) is 6.40. The topological polar surface area (TPSA) is 68.2 Å². The van der Waals surface area contributed by atoms with Crippen molar-refractivity contribution in [3.63, 3.8) is 0 Å². The van der Waals surface area contributed by atoms with E-state index in [9.17, 15) is 4.79 Å². The minimum atomic E-state index is -0.405. The summed E-state index contributed by atoms with van der Waals surface area (Å²) in [4.78, 5) is 12.3. The van der Waals surface area contributed by atoms with Gasteiger partial charge in [-0.15, -0.1) is 0 Å². The van der Waals surface area contributed by atoms with Gasteiger partial charge in [-0.2, -0.15) is 5.10 Å². The summed E-state index contributed by atoms with van der Waals surface area (Å²) in [6.45, 7) is 8.02.